The number of esters is 2. The smallest absolute Gasteiger partial charge is 0.306 e. The summed E-state index contributed by atoms with van der Waals surface area (Å²) in [6, 6.07) is -0.729. The number of carbonyl (C=O) groups is 3. The fraction of sp³-hybridized carbons (Fsp3) is 0.791. The molecule has 2 atom stereocenters. The van der Waals surface area contributed by atoms with E-state index in [4.69, 9.17) is 14.2 Å². The van der Waals surface area contributed by atoms with Gasteiger partial charge in [-0.2, -0.15) is 0 Å². The van der Waals surface area contributed by atoms with E-state index in [2.05, 4.69) is 50.3 Å². The van der Waals surface area contributed by atoms with E-state index in [1.165, 1.54) is 77.0 Å². The van der Waals surface area contributed by atoms with Crippen molar-refractivity contribution in [1.82, 2.24) is 0 Å². The molecule has 0 aliphatic rings. The lowest BCUT2D eigenvalue weighted by atomic mass is 10.0. The van der Waals surface area contributed by atoms with Crippen molar-refractivity contribution < 1.29 is 38.2 Å². The number of hydrogen-bond donors (Lipinski definition) is 0. The topological polar surface area (TPSA) is 102 Å². The Morgan fingerprint density at radius 3 is 1.63 bits per heavy atom. The molecule has 0 rings (SSSR count). The summed E-state index contributed by atoms with van der Waals surface area (Å²) in [5, 5.41) is 11.6. The lowest BCUT2D eigenvalue weighted by Crippen LogP contribution is -2.55. The fourth-order valence-electron chi connectivity index (χ4n) is 5.85. The number of unbranched alkanes of at least 4 members (excludes halogenated alkanes) is 16. The molecule has 296 valence electrons. The number of quaternary nitrogens is 1. The van der Waals surface area contributed by atoms with Crippen molar-refractivity contribution in [2.45, 2.75) is 180 Å². The third-order valence-corrected chi connectivity index (χ3v) is 9.04. The number of aliphatic carboxylic acids is 1. The van der Waals surface area contributed by atoms with Crippen LogP contribution in [-0.4, -0.2) is 75.5 Å². The molecule has 0 N–H and O–H groups in total. The number of carboxylic acid groups (broad SMARTS) is 1. The average molecular weight is 720 g/mol. The number of carbonyl (C=O) groups excluding carboxylic acids is 3. The Labute approximate surface area is 313 Å². The fourth-order valence-corrected chi connectivity index (χ4v) is 5.85. The predicted octanol–water partition coefficient (Wildman–Crippen LogP) is 9.35. The van der Waals surface area contributed by atoms with Gasteiger partial charge in [0.2, 0.25) is 0 Å². The molecule has 2 unspecified atom stereocenters. The van der Waals surface area contributed by atoms with Crippen molar-refractivity contribution in [2.75, 3.05) is 41.0 Å². The molecule has 0 aromatic carbocycles. The number of ether oxygens (including phenoxy) is 3. The summed E-state index contributed by atoms with van der Waals surface area (Å²) in [7, 11) is 5.39. The second kappa shape index (κ2) is 34.6. The first-order valence-electron chi connectivity index (χ1n) is 20.5. The van der Waals surface area contributed by atoms with Crippen LogP contribution in [0.3, 0.4) is 0 Å². The zero-order valence-corrected chi connectivity index (χ0v) is 33.5. The van der Waals surface area contributed by atoms with Crippen LogP contribution in [-0.2, 0) is 28.6 Å². The highest BCUT2D eigenvalue weighted by molar-refractivity contribution is 5.70. The molecular weight excluding hydrogens is 642 g/mol. The number of carboxylic acids is 1. The maximum Gasteiger partial charge on any atom is 0.306 e. The number of nitrogens with zero attached hydrogens (tertiary/aromatic N) is 1. The zero-order chi connectivity index (χ0) is 37.8. The molecule has 0 radical (unpaired) electrons. The molecule has 8 nitrogen and oxygen atoms in total. The molecule has 51 heavy (non-hydrogen) atoms. The standard InChI is InChI=1S/C43H77NO7/c1-6-8-10-12-14-16-18-20-21-22-24-26-28-30-32-34-42(46)51-39(37-49-36-35-40(43(47)48)44(3,4)5)38-50-41(45)33-31-29-27-25-23-19-17-15-13-11-9-7-2/h9,11,15,17,23,25,39-40H,6-8,10,12-14,16,18-22,24,26-38H2,1-5H3/b11-9+,17-15+,25-23+. The number of allylic oxidation sites excluding steroid dienone is 6. The highest BCUT2D eigenvalue weighted by Gasteiger charge is 2.25. The molecule has 0 fully saturated rings. The van der Waals surface area contributed by atoms with Crippen LogP contribution in [0.1, 0.15) is 168 Å². The van der Waals surface area contributed by atoms with Gasteiger partial charge >= 0.3 is 11.9 Å². The summed E-state index contributed by atoms with van der Waals surface area (Å²) in [6.07, 6.45) is 37.4. The van der Waals surface area contributed by atoms with Crippen molar-refractivity contribution >= 4 is 17.9 Å². The van der Waals surface area contributed by atoms with Crippen LogP contribution in [0.25, 0.3) is 0 Å². The van der Waals surface area contributed by atoms with Crippen LogP contribution < -0.4 is 5.11 Å². The maximum atomic E-state index is 12.7. The monoisotopic (exact) mass is 720 g/mol. The van der Waals surface area contributed by atoms with Gasteiger partial charge in [0.05, 0.1) is 40.3 Å². The van der Waals surface area contributed by atoms with E-state index in [-0.39, 0.29) is 42.7 Å². The van der Waals surface area contributed by atoms with E-state index >= 15 is 0 Å². The maximum absolute atomic E-state index is 12.7. The van der Waals surface area contributed by atoms with E-state index in [1.54, 1.807) is 21.1 Å². The number of hydrogen-bond acceptors (Lipinski definition) is 7. The molecule has 8 heteroatoms. The van der Waals surface area contributed by atoms with Crippen molar-refractivity contribution in [3.8, 4) is 0 Å². The van der Waals surface area contributed by atoms with Crippen molar-refractivity contribution in [3.05, 3.63) is 36.5 Å². The van der Waals surface area contributed by atoms with Gasteiger partial charge in [-0.05, 0) is 44.9 Å². The molecule has 0 aromatic heterocycles. The first kappa shape index (κ1) is 48.5. The summed E-state index contributed by atoms with van der Waals surface area (Å²) in [5.74, 6) is -1.78. The molecule has 0 aliphatic carbocycles. The van der Waals surface area contributed by atoms with Gasteiger partial charge < -0.3 is 28.6 Å². The summed E-state index contributed by atoms with van der Waals surface area (Å²) in [5.41, 5.74) is 0. The van der Waals surface area contributed by atoms with Gasteiger partial charge in [0.1, 0.15) is 12.6 Å². The van der Waals surface area contributed by atoms with E-state index in [0.717, 1.165) is 57.8 Å². The first-order valence-corrected chi connectivity index (χ1v) is 20.5. The van der Waals surface area contributed by atoms with Gasteiger partial charge in [-0.25, -0.2) is 0 Å². The molecule has 0 amide bonds. The number of rotatable bonds is 36. The summed E-state index contributed by atoms with van der Waals surface area (Å²) in [6.45, 7) is 4.50. The Bertz CT molecular complexity index is 937. The Morgan fingerprint density at radius 2 is 1.10 bits per heavy atom. The van der Waals surface area contributed by atoms with Crippen LogP contribution >= 0.6 is 0 Å². The Hall–Kier alpha value is -2.45. The molecular formula is C43H77NO7. The van der Waals surface area contributed by atoms with Gasteiger partial charge in [-0.3, -0.25) is 9.59 Å². The lowest BCUT2D eigenvalue weighted by molar-refractivity contribution is -0.889. The van der Waals surface area contributed by atoms with Crippen LogP contribution in [0, 0.1) is 0 Å². The normalized spacial score (nSPS) is 13.4. The first-order chi connectivity index (χ1) is 24.6. The minimum atomic E-state index is -1.13. The van der Waals surface area contributed by atoms with Crippen LogP contribution in [0.15, 0.2) is 36.5 Å². The van der Waals surface area contributed by atoms with Crippen LogP contribution in [0.2, 0.25) is 0 Å². The quantitative estimate of drug-likeness (QED) is 0.0275. The summed E-state index contributed by atoms with van der Waals surface area (Å²) >= 11 is 0. The van der Waals surface area contributed by atoms with Gasteiger partial charge in [-0.15, -0.1) is 0 Å². The van der Waals surface area contributed by atoms with E-state index in [1.807, 2.05) is 0 Å². The second-order valence-electron chi connectivity index (χ2n) is 14.8. The molecule has 0 heterocycles. The van der Waals surface area contributed by atoms with Gasteiger partial charge in [0.25, 0.3) is 0 Å². The highest BCUT2D eigenvalue weighted by atomic mass is 16.6. The highest BCUT2D eigenvalue weighted by Crippen LogP contribution is 2.15. The molecule has 0 saturated heterocycles. The van der Waals surface area contributed by atoms with E-state index in [9.17, 15) is 19.5 Å². The van der Waals surface area contributed by atoms with Gasteiger partial charge in [-0.1, -0.05) is 140 Å². The van der Waals surface area contributed by atoms with Gasteiger partial charge in [0, 0.05) is 19.3 Å². The molecule has 0 saturated carbocycles. The third kappa shape index (κ3) is 33.2. The zero-order valence-electron chi connectivity index (χ0n) is 33.5. The van der Waals surface area contributed by atoms with Crippen LogP contribution in [0.5, 0.6) is 0 Å². The number of likely N-dealkylation sites (N-methyl/N-ethyl adjacent to an activating group) is 1. The SMILES string of the molecule is CC/C=C/C/C=C/C/C=C/CCCCC(=O)OCC(COCCC(C(=O)[O-])[N+](C)(C)C)OC(=O)CCCCCCCCCCCCCCCCC. The Morgan fingerprint density at radius 1 is 0.608 bits per heavy atom. The molecule has 0 aromatic rings. The lowest BCUT2D eigenvalue weighted by Gasteiger charge is -2.34. The largest absolute Gasteiger partial charge is 0.544 e. The summed E-state index contributed by atoms with van der Waals surface area (Å²) in [4.78, 5) is 36.7. The summed E-state index contributed by atoms with van der Waals surface area (Å²) < 4.78 is 17.1. The van der Waals surface area contributed by atoms with Gasteiger partial charge in [0.15, 0.2) is 6.10 Å². The second-order valence-corrected chi connectivity index (χ2v) is 14.8. The van der Waals surface area contributed by atoms with E-state index in [0.29, 0.717) is 12.8 Å². The van der Waals surface area contributed by atoms with Crippen molar-refractivity contribution in [2.24, 2.45) is 0 Å². The Balaban J connectivity index is 4.41. The van der Waals surface area contributed by atoms with Crippen LogP contribution in [0.4, 0.5) is 0 Å². The molecule has 0 spiro atoms. The molecule has 0 bridgehead atoms. The molecule has 0 aliphatic heterocycles. The van der Waals surface area contributed by atoms with Crippen molar-refractivity contribution in [3.63, 3.8) is 0 Å². The van der Waals surface area contributed by atoms with E-state index < -0.39 is 18.1 Å². The van der Waals surface area contributed by atoms with Crippen molar-refractivity contribution in [1.29, 1.82) is 0 Å². The minimum Gasteiger partial charge on any atom is -0.544 e. The predicted molar refractivity (Wildman–Crippen MR) is 208 cm³/mol. The average Bonchev–Trinajstić information content (AvgIpc) is 3.08. The Kier molecular flexibility index (Phi) is 33.0. The minimum absolute atomic E-state index is 0.0307. The third-order valence-electron chi connectivity index (χ3n) is 9.04.